The van der Waals surface area contributed by atoms with Gasteiger partial charge in [0.2, 0.25) is 5.91 Å². The van der Waals surface area contributed by atoms with Crippen molar-refractivity contribution in [2.45, 2.75) is 39.1 Å². The summed E-state index contributed by atoms with van der Waals surface area (Å²) in [5, 5.41) is 7.10. The van der Waals surface area contributed by atoms with Gasteiger partial charge in [0.25, 0.3) is 0 Å². The van der Waals surface area contributed by atoms with Gasteiger partial charge in [0.15, 0.2) is 0 Å². The lowest BCUT2D eigenvalue weighted by Crippen LogP contribution is -2.36. The normalized spacial score (nSPS) is 15.5. The van der Waals surface area contributed by atoms with E-state index in [1.807, 2.05) is 26.0 Å². The van der Waals surface area contributed by atoms with E-state index in [0.29, 0.717) is 17.7 Å². The molecule has 0 spiro atoms. The summed E-state index contributed by atoms with van der Waals surface area (Å²) in [6.07, 6.45) is -4.30. The predicted molar refractivity (Wildman–Crippen MR) is 110 cm³/mol. The number of amides is 1. The van der Waals surface area contributed by atoms with Gasteiger partial charge in [-0.15, -0.1) is 0 Å². The fourth-order valence-electron chi connectivity index (χ4n) is 3.88. The minimum atomic E-state index is -4.46. The van der Waals surface area contributed by atoms with Gasteiger partial charge in [-0.1, -0.05) is 36.4 Å². The number of hydrogen-bond donors (Lipinski definition) is 1. The zero-order valence-corrected chi connectivity index (χ0v) is 17.2. The second kappa shape index (κ2) is 8.09. The number of hydrogen-bond acceptors (Lipinski definition) is 3. The van der Waals surface area contributed by atoms with Crippen molar-refractivity contribution in [2.24, 2.45) is 0 Å². The Morgan fingerprint density at radius 3 is 2.61 bits per heavy atom. The van der Waals surface area contributed by atoms with E-state index in [0.717, 1.165) is 23.0 Å². The average molecular weight is 429 g/mol. The van der Waals surface area contributed by atoms with Gasteiger partial charge in [-0.25, -0.2) is 0 Å². The summed E-state index contributed by atoms with van der Waals surface area (Å²) >= 11 is 0. The SMILES string of the molecule is Cc1cc(C)n(CC(=O)NC[C@H]2Cc3cccc(-c4ccccc4C(F)(F)F)c3O2)n1. The molecular formula is C23H22F3N3O2. The smallest absolute Gasteiger partial charge is 0.417 e. The Balaban J connectivity index is 1.47. The summed E-state index contributed by atoms with van der Waals surface area (Å²) in [5.74, 6) is 0.241. The summed E-state index contributed by atoms with van der Waals surface area (Å²) < 4.78 is 48.1. The van der Waals surface area contributed by atoms with Crippen molar-refractivity contribution in [3.8, 4) is 16.9 Å². The number of aromatic nitrogens is 2. The molecular weight excluding hydrogens is 407 g/mol. The molecule has 1 aliphatic heterocycles. The number of carbonyl (C=O) groups is 1. The Labute approximate surface area is 177 Å². The zero-order chi connectivity index (χ0) is 22.2. The third-order valence-corrected chi connectivity index (χ3v) is 5.27. The van der Waals surface area contributed by atoms with E-state index in [2.05, 4.69) is 10.4 Å². The summed E-state index contributed by atoms with van der Waals surface area (Å²) in [5.41, 5.74) is 2.35. The van der Waals surface area contributed by atoms with Gasteiger partial charge in [0.1, 0.15) is 18.4 Å². The van der Waals surface area contributed by atoms with Gasteiger partial charge in [-0.3, -0.25) is 9.48 Å². The minimum Gasteiger partial charge on any atom is -0.487 e. The van der Waals surface area contributed by atoms with E-state index in [-0.39, 0.29) is 30.7 Å². The van der Waals surface area contributed by atoms with Gasteiger partial charge in [-0.2, -0.15) is 18.3 Å². The second-order valence-electron chi connectivity index (χ2n) is 7.67. The average Bonchev–Trinajstić information content (AvgIpc) is 3.27. The molecule has 0 aliphatic carbocycles. The van der Waals surface area contributed by atoms with Crippen molar-refractivity contribution >= 4 is 5.91 Å². The van der Waals surface area contributed by atoms with Gasteiger partial charge < -0.3 is 10.1 Å². The number of alkyl halides is 3. The van der Waals surface area contributed by atoms with Crippen molar-refractivity contribution in [3.63, 3.8) is 0 Å². The van der Waals surface area contributed by atoms with E-state index in [9.17, 15) is 18.0 Å². The summed E-state index contributed by atoms with van der Waals surface area (Å²) in [7, 11) is 0. The minimum absolute atomic E-state index is 0.0843. The molecule has 1 atom stereocenters. The van der Waals surface area contributed by atoms with Crippen LogP contribution in [0, 0.1) is 13.8 Å². The molecule has 162 valence electrons. The number of benzene rings is 2. The van der Waals surface area contributed by atoms with E-state index in [4.69, 9.17) is 4.74 Å². The molecule has 0 saturated heterocycles. The van der Waals surface area contributed by atoms with Gasteiger partial charge in [0.05, 0.1) is 17.8 Å². The van der Waals surface area contributed by atoms with Crippen LogP contribution in [-0.2, 0) is 23.9 Å². The molecule has 2 heterocycles. The molecule has 0 saturated carbocycles. The first-order valence-corrected chi connectivity index (χ1v) is 9.95. The van der Waals surface area contributed by atoms with Crippen LogP contribution in [0.5, 0.6) is 5.75 Å². The molecule has 1 amide bonds. The molecule has 8 heteroatoms. The molecule has 1 aromatic heterocycles. The molecule has 5 nitrogen and oxygen atoms in total. The van der Waals surface area contributed by atoms with E-state index in [1.54, 1.807) is 22.9 Å². The van der Waals surface area contributed by atoms with Crippen LogP contribution in [0.25, 0.3) is 11.1 Å². The summed E-state index contributed by atoms with van der Waals surface area (Å²) in [4.78, 5) is 12.3. The van der Waals surface area contributed by atoms with Crippen LogP contribution in [0.4, 0.5) is 13.2 Å². The maximum absolute atomic E-state index is 13.5. The zero-order valence-electron chi connectivity index (χ0n) is 17.2. The first-order chi connectivity index (χ1) is 14.7. The molecule has 0 bridgehead atoms. The molecule has 0 unspecified atom stereocenters. The summed E-state index contributed by atoms with van der Waals surface area (Å²) in [6.45, 7) is 4.10. The third-order valence-electron chi connectivity index (χ3n) is 5.27. The number of aryl methyl sites for hydroxylation is 2. The highest BCUT2D eigenvalue weighted by atomic mass is 19.4. The standard InChI is InChI=1S/C23H22F3N3O2/c1-14-10-15(2)29(28-14)13-21(30)27-12-17-11-16-6-5-8-19(22(16)31-17)18-7-3-4-9-20(18)23(24,25)26/h3-10,17H,11-13H2,1-2H3,(H,27,30)/t17-/m1/s1. The molecule has 1 N–H and O–H groups in total. The van der Waals surface area contributed by atoms with Gasteiger partial charge in [-0.05, 0) is 37.1 Å². The van der Waals surface area contributed by atoms with Crippen LogP contribution in [0.15, 0.2) is 48.5 Å². The lowest BCUT2D eigenvalue weighted by Gasteiger charge is -2.16. The van der Waals surface area contributed by atoms with Crippen molar-refractivity contribution < 1.29 is 22.7 Å². The number of rotatable bonds is 5. The van der Waals surface area contributed by atoms with Crippen LogP contribution < -0.4 is 10.1 Å². The Morgan fingerprint density at radius 1 is 1.16 bits per heavy atom. The maximum atomic E-state index is 13.5. The maximum Gasteiger partial charge on any atom is 0.417 e. The third kappa shape index (κ3) is 4.42. The van der Waals surface area contributed by atoms with Crippen LogP contribution >= 0.6 is 0 Å². The first-order valence-electron chi connectivity index (χ1n) is 9.95. The highest BCUT2D eigenvalue weighted by Crippen LogP contribution is 2.43. The van der Waals surface area contributed by atoms with Crippen molar-refractivity contribution in [1.29, 1.82) is 0 Å². The number of para-hydroxylation sites is 1. The van der Waals surface area contributed by atoms with Crippen LogP contribution in [0.1, 0.15) is 22.5 Å². The molecule has 3 aromatic rings. The number of halogens is 3. The van der Waals surface area contributed by atoms with Crippen molar-refractivity contribution in [3.05, 3.63) is 71.0 Å². The number of nitrogens with one attached hydrogen (secondary N) is 1. The van der Waals surface area contributed by atoms with E-state index < -0.39 is 11.7 Å². The van der Waals surface area contributed by atoms with Crippen LogP contribution in [0.2, 0.25) is 0 Å². The number of ether oxygens (including phenoxy) is 1. The van der Waals surface area contributed by atoms with Crippen molar-refractivity contribution in [1.82, 2.24) is 15.1 Å². The Morgan fingerprint density at radius 2 is 1.90 bits per heavy atom. The fourth-order valence-corrected chi connectivity index (χ4v) is 3.88. The van der Waals surface area contributed by atoms with Crippen LogP contribution in [-0.4, -0.2) is 28.3 Å². The number of carbonyl (C=O) groups excluding carboxylic acids is 1. The van der Waals surface area contributed by atoms with E-state index >= 15 is 0 Å². The molecule has 31 heavy (non-hydrogen) atoms. The molecule has 1 aliphatic rings. The molecule has 2 aromatic carbocycles. The topological polar surface area (TPSA) is 56.2 Å². The number of nitrogens with zero attached hydrogens (tertiary/aromatic N) is 2. The summed E-state index contributed by atoms with van der Waals surface area (Å²) in [6, 6.07) is 12.6. The van der Waals surface area contributed by atoms with Crippen molar-refractivity contribution in [2.75, 3.05) is 6.54 Å². The first kappa shape index (κ1) is 21.0. The number of fused-ring (bicyclic) bond motifs is 1. The Bertz CT molecular complexity index is 1120. The monoisotopic (exact) mass is 429 g/mol. The highest BCUT2D eigenvalue weighted by molar-refractivity contribution is 5.77. The lowest BCUT2D eigenvalue weighted by molar-refractivity contribution is -0.137. The van der Waals surface area contributed by atoms with Crippen LogP contribution in [0.3, 0.4) is 0 Å². The molecule has 4 rings (SSSR count). The lowest BCUT2D eigenvalue weighted by atomic mass is 9.96. The fraction of sp³-hybridized carbons (Fsp3) is 0.304. The van der Waals surface area contributed by atoms with Gasteiger partial charge in [0, 0.05) is 17.7 Å². The second-order valence-corrected chi connectivity index (χ2v) is 7.67. The Kier molecular flexibility index (Phi) is 5.47. The Hall–Kier alpha value is -3.29. The quantitative estimate of drug-likeness (QED) is 0.658. The largest absolute Gasteiger partial charge is 0.487 e. The van der Waals surface area contributed by atoms with E-state index in [1.165, 1.54) is 12.1 Å². The van der Waals surface area contributed by atoms with Gasteiger partial charge >= 0.3 is 6.18 Å². The molecule has 0 radical (unpaired) electrons. The predicted octanol–water partition coefficient (Wildman–Crippen LogP) is 4.31. The molecule has 0 fully saturated rings. The highest BCUT2D eigenvalue weighted by Gasteiger charge is 2.35.